The molecule has 0 bridgehead atoms. The number of hydrogen-bond donors (Lipinski definition) is 1. The summed E-state index contributed by atoms with van der Waals surface area (Å²) < 4.78 is 5.45. The Hall–Kier alpha value is -1.10. The molecular weight excluding hydrogens is 288 g/mol. The van der Waals surface area contributed by atoms with E-state index < -0.39 is 0 Å². The first-order valence-electron chi connectivity index (χ1n) is 7.38. The molecule has 0 aromatic heterocycles. The quantitative estimate of drug-likeness (QED) is 0.911. The minimum absolute atomic E-state index is 0. The van der Waals surface area contributed by atoms with Crippen molar-refractivity contribution in [1.82, 2.24) is 4.90 Å². The Morgan fingerprint density at radius 3 is 2.48 bits per heavy atom. The summed E-state index contributed by atoms with van der Waals surface area (Å²) in [6.07, 6.45) is 3.29. The predicted octanol–water partition coefficient (Wildman–Crippen LogP) is 2.21. The molecule has 2 fully saturated rings. The van der Waals surface area contributed by atoms with Gasteiger partial charge >= 0.3 is 0 Å². The number of hydrogen-bond acceptors (Lipinski definition) is 3. The minimum Gasteiger partial charge on any atom is -0.381 e. The van der Waals surface area contributed by atoms with Crippen molar-refractivity contribution < 1.29 is 9.53 Å². The van der Waals surface area contributed by atoms with E-state index in [1.165, 1.54) is 0 Å². The van der Waals surface area contributed by atoms with Crippen LogP contribution in [0.5, 0.6) is 0 Å². The van der Waals surface area contributed by atoms with Gasteiger partial charge in [0, 0.05) is 38.4 Å². The highest BCUT2D eigenvalue weighted by atomic mass is 35.5. The second kappa shape index (κ2) is 6.77. The molecule has 1 aromatic carbocycles. The molecule has 2 saturated heterocycles. The molecule has 0 aliphatic carbocycles. The Bertz CT molecular complexity index is 484. The zero-order valence-electron chi connectivity index (χ0n) is 12.2. The van der Waals surface area contributed by atoms with E-state index in [0.717, 1.165) is 56.7 Å². The molecule has 21 heavy (non-hydrogen) atoms. The Balaban J connectivity index is 0.00000161. The van der Waals surface area contributed by atoms with Gasteiger partial charge in [0.25, 0.3) is 5.91 Å². The topological polar surface area (TPSA) is 55.6 Å². The number of rotatable bonds is 2. The van der Waals surface area contributed by atoms with E-state index in [1.807, 2.05) is 29.2 Å². The fourth-order valence-electron chi connectivity index (χ4n) is 3.29. The van der Waals surface area contributed by atoms with Gasteiger partial charge in [-0.2, -0.15) is 0 Å². The number of halogens is 1. The summed E-state index contributed by atoms with van der Waals surface area (Å²) in [5.74, 6) is 0.150. The van der Waals surface area contributed by atoms with Crippen molar-refractivity contribution in [1.29, 1.82) is 0 Å². The van der Waals surface area contributed by atoms with Crippen LogP contribution in [0, 0.1) is 5.41 Å². The van der Waals surface area contributed by atoms with Crippen LogP contribution in [0.3, 0.4) is 0 Å². The number of nitrogens with zero attached hydrogens (tertiary/aromatic N) is 1. The van der Waals surface area contributed by atoms with Crippen molar-refractivity contribution in [3.8, 4) is 0 Å². The SMILES string of the molecule is Cl.NCc1ccc(C(=O)N2CCC3(CCOCC3)C2)cc1. The molecule has 0 unspecified atom stereocenters. The van der Waals surface area contributed by atoms with Crippen molar-refractivity contribution in [3.63, 3.8) is 0 Å². The molecule has 0 saturated carbocycles. The van der Waals surface area contributed by atoms with Crippen LogP contribution in [0.4, 0.5) is 0 Å². The fourth-order valence-corrected chi connectivity index (χ4v) is 3.29. The first kappa shape index (κ1) is 16.3. The highest BCUT2D eigenvalue weighted by molar-refractivity contribution is 5.94. The molecular formula is C16H23ClN2O2. The van der Waals surface area contributed by atoms with Crippen LogP contribution < -0.4 is 5.73 Å². The zero-order chi connectivity index (χ0) is 14.0. The first-order valence-corrected chi connectivity index (χ1v) is 7.38. The summed E-state index contributed by atoms with van der Waals surface area (Å²) in [5.41, 5.74) is 7.72. The number of likely N-dealkylation sites (tertiary alicyclic amines) is 1. The summed E-state index contributed by atoms with van der Waals surface area (Å²) in [7, 11) is 0. The molecule has 0 radical (unpaired) electrons. The normalized spacial score (nSPS) is 20.3. The van der Waals surface area contributed by atoms with E-state index in [9.17, 15) is 4.79 Å². The van der Waals surface area contributed by atoms with Crippen LogP contribution >= 0.6 is 12.4 Å². The van der Waals surface area contributed by atoms with E-state index in [1.54, 1.807) is 0 Å². The Morgan fingerprint density at radius 2 is 1.86 bits per heavy atom. The summed E-state index contributed by atoms with van der Waals surface area (Å²) >= 11 is 0. The van der Waals surface area contributed by atoms with Gasteiger partial charge in [-0.05, 0) is 42.4 Å². The fraction of sp³-hybridized carbons (Fsp3) is 0.562. The molecule has 2 aliphatic heterocycles. The maximum absolute atomic E-state index is 12.5. The Morgan fingerprint density at radius 1 is 1.19 bits per heavy atom. The van der Waals surface area contributed by atoms with Gasteiger partial charge < -0.3 is 15.4 Å². The molecule has 2 heterocycles. The van der Waals surface area contributed by atoms with Crippen LogP contribution in [0.15, 0.2) is 24.3 Å². The third-order valence-corrected chi connectivity index (χ3v) is 4.72. The smallest absolute Gasteiger partial charge is 0.253 e. The predicted molar refractivity (Wildman–Crippen MR) is 84.6 cm³/mol. The first-order chi connectivity index (χ1) is 9.72. The second-order valence-corrected chi connectivity index (χ2v) is 5.99. The lowest BCUT2D eigenvalue weighted by Crippen LogP contribution is -2.35. The van der Waals surface area contributed by atoms with Gasteiger partial charge in [0.1, 0.15) is 0 Å². The third kappa shape index (κ3) is 3.39. The molecule has 3 rings (SSSR count). The zero-order valence-corrected chi connectivity index (χ0v) is 13.0. The third-order valence-electron chi connectivity index (χ3n) is 4.72. The average Bonchev–Trinajstić information content (AvgIpc) is 2.91. The number of ether oxygens (including phenoxy) is 1. The number of amides is 1. The molecule has 0 atom stereocenters. The monoisotopic (exact) mass is 310 g/mol. The van der Waals surface area contributed by atoms with Gasteiger partial charge in [-0.3, -0.25) is 4.79 Å². The van der Waals surface area contributed by atoms with Crippen molar-refractivity contribution in [2.75, 3.05) is 26.3 Å². The van der Waals surface area contributed by atoms with E-state index in [-0.39, 0.29) is 18.3 Å². The highest BCUT2D eigenvalue weighted by Gasteiger charge is 2.40. The number of carbonyl (C=O) groups excluding carboxylic acids is 1. The Kier molecular flexibility index (Phi) is 5.25. The van der Waals surface area contributed by atoms with Crippen molar-refractivity contribution in [3.05, 3.63) is 35.4 Å². The molecule has 5 heteroatoms. The van der Waals surface area contributed by atoms with Crippen LogP contribution in [-0.4, -0.2) is 37.1 Å². The van der Waals surface area contributed by atoms with E-state index in [4.69, 9.17) is 10.5 Å². The molecule has 1 aromatic rings. The largest absolute Gasteiger partial charge is 0.381 e. The maximum atomic E-state index is 12.5. The van der Waals surface area contributed by atoms with E-state index >= 15 is 0 Å². The van der Waals surface area contributed by atoms with Gasteiger partial charge in [-0.15, -0.1) is 12.4 Å². The van der Waals surface area contributed by atoms with Gasteiger partial charge in [-0.1, -0.05) is 12.1 Å². The standard InChI is InChI=1S/C16H22N2O2.ClH/c17-11-13-1-3-14(4-2-13)15(19)18-8-5-16(12-18)6-9-20-10-7-16;/h1-4H,5-12,17H2;1H. The highest BCUT2D eigenvalue weighted by Crippen LogP contribution is 2.40. The number of carbonyl (C=O) groups is 1. The van der Waals surface area contributed by atoms with Gasteiger partial charge in [0.15, 0.2) is 0 Å². The molecule has 2 aliphatic rings. The van der Waals surface area contributed by atoms with E-state index in [0.29, 0.717) is 12.0 Å². The molecule has 2 N–H and O–H groups in total. The van der Waals surface area contributed by atoms with Crippen LogP contribution in [0.1, 0.15) is 35.2 Å². The van der Waals surface area contributed by atoms with Crippen molar-refractivity contribution >= 4 is 18.3 Å². The Labute approximate surface area is 132 Å². The minimum atomic E-state index is 0. The van der Waals surface area contributed by atoms with Crippen LogP contribution in [0.2, 0.25) is 0 Å². The number of nitrogens with two attached hydrogens (primary N) is 1. The summed E-state index contributed by atoms with van der Waals surface area (Å²) in [6, 6.07) is 7.65. The average molecular weight is 311 g/mol. The molecule has 1 spiro atoms. The summed E-state index contributed by atoms with van der Waals surface area (Å²) in [6.45, 7) is 3.95. The van der Waals surface area contributed by atoms with Gasteiger partial charge in [0.2, 0.25) is 0 Å². The van der Waals surface area contributed by atoms with Gasteiger partial charge in [0.05, 0.1) is 0 Å². The summed E-state index contributed by atoms with van der Waals surface area (Å²) in [4.78, 5) is 14.5. The lowest BCUT2D eigenvalue weighted by Gasteiger charge is -2.33. The van der Waals surface area contributed by atoms with Crippen LogP contribution in [0.25, 0.3) is 0 Å². The van der Waals surface area contributed by atoms with Crippen molar-refractivity contribution in [2.45, 2.75) is 25.8 Å². The maximum Gasteiger partial charge on any atom is 0.253 e. The second-order valence-electron chi connectivity index (χ2n) is 5.99. The van der Waals surface area contributed by atoms with Gasteiger partial charge in [-0.25, -0.2) is 0 Å². The lowest BCUT2D eigenvalue weighted by atomic mass is 9.80. The molecule has 116 valence electrons. The molecule has 4 nitrogen and oxygen atoms in total. The van der Waals surface area contributed by atoms with E-state index in [2.05, 4.69) is 0 Å². The number of benzene rings is 1. The summed E-state index contributed by atoms with van der Waals surface area (Å²) in [5, 5.41) is 0. The van der Waals surface area contributed by atoms with Crippen LogP contribution in [-0.2, 0) is 11.3 Å². The molecule has 1 amide bonds. The van der Waals surface area contributed by atoms with Crippen molar-refractivity contribution in [2.24, 2.45) is 11.1 Å². The lowest BCUT2D eigenvalue weighted by molar-refractivity contribution is 0.0191.